The van der Waals surface area contributed by atoms with Gasteiger partial charge >= 0.3 is 0 Å². The van der Waals surface area contributed by atoms with Crippen molar-refractivity contribution in [1.82, 2.24) is 0 Å². The van der Waals surface area contributed by atoms with E-state index >= 15 is 0 Å². The van der Waals surface area contributed by atoms with E-state index in [9.17, 15) is 0 Å². The van der Waals surface area contributed by atoms with Gasteiger partial charge in [-0.15, -0.1) is 0 Å². The second kappa shape index (κ2) is 2.74. The molecule has 1 aromatic carbocycles. The normalized spacial score (nSPS) is 15.4. The van der Waals surface area contributed by atoms with Gasteiger partial charge in [0.05, 0.1) is 11.6 Å². The van der Waals surface area contributed by atoms with Crippen LogP contribution in [0.15, 0.2) is 18.2 Å². The quantitative estimate of drug-likeness (QED) is 0.576. The summed E-state index contributed by atoms with van der Waals surface area (Å²) >= 11 is 5.88. The van der Waals surface area contributed by atoms with Crippen LogP contribution in [-0.4, -0.2) is 6.61 Å². The van der Waals surface area contributed by atoms with E-state index in [0.717, 1.165) is 17.7 Å². The predicted octanol–water partition coefficient (Wildman–Crippen LogP) is 2.55. The molecule has 1 nitrogen and oxygen atoms in total. The first-order valence-corrected chi connectivity index (χ1v) is 3.91. The number of halogens is 1. The Morgan fingerprint density at radius 3 is 3.18 bits per heavy atom. The van der Waals surface area contributed by atoms with Crippen LogP contribution >= 0.6 is 11.6 Å². The minimum Gasteiger partial charge on any atom is -0.492 e. The Morgan fingerprint density at radius 1 is 1.45 bits per heavy atom. The molecular formula is C9H7ClO. The molecule has 2 heteroatoms. The molecule has 1 aliphatic rings. The molecule has 56 valence electrons. The maximum absolute atomic E-state index is 5.88. The fourth-order valence-corrected chi connectivity index (χ4v) is 1.36. The molecule has 0 aliphatic carbocycles. The van der Waals surface area contributed by atoms with Crippen molar-refractivity contribution in [3.63, 3.8) is 0 Å². The molecule has 0 aromatic heterocycles. The monoisotopic (exact) mass is 166 g/mol. The molecule has 0 saturated heterocycles. The summed E-state index contributed by atoms with van der Waals surface area (Å²) in [6.45, 7) is 0.691. The number of para-hydroxylation sites is 1. The molecule has 1 aliphatic heterocycles. The van der Waals surface area contributed by atoms with Gasteiger partial charge < -0.3 is 4.74 Å². The average molecular weight is 167 g/mol. The molecule has 0 unspecified atom stereocenters. The largest absolute Gasteiger partial charge is 0.492 e. The summed E-state index contributed by atoms with van der Waals surface area (Å²) in [5.74, 6) is 0.778. The molecule has 11 heavy (non-hydrogen) atoms. The zero-order chi connectivity index (χ0) is 7.68. The number of rotatable bonds is 0. The van der Waals surface area contributed by atoms with Crippen LogP contribution in [0.4, 0.5) is 0 Å². The van der Waals surface area contributed by atoms with E-state index < -0.39 is 0 Å². The van der Waals surface area contributed by atoms with Gasteiger partial charge in [-0.2, -0.15) is 0 Å². The van der Waals surface area contributed by atoms with Gasteiger partial charge in [-0.05, 0) is 12.5 Å². The van der Waals surface area contributed by atoms with Crippen LogP contribution in [0, 0.1) is 6.42 Å². The number of hydrogen-bond donors (Lipinski definition) is 0. The Hall–Kier alpha value is -0.690. The van der Waals surface area contributed by atoms with Crippen LogP contribution in [0.3, 0.4) is 0 Å². The molecule has 0 amide bonds. The first-order valence-electron chi connectivity index (χ1n) is 3.53. The molecule has 1 heterocycles. The van der Waals surface area contributed by atoms with E-state index in [0.29, 0.717) is 11.6 Å². The zero-order valence-corrected chi connectivity index (χ0v) is 6.69. The molecule has 2 radical (unpaired) electrons. The summed E-state index contributed by atoms with van der Waals surface area (Å²) in [4.78, 5) is 0. The summed E-state index contributed by atoms with van der Waals surface area (Å²) in [7, 11) is 0. The summed E-state index contributed by atoms with van der Waals surface area (Å²) in [5.41, 5.74) is 0.990. The van der Waals surface area contributed by atoms with Gasteiger partial charge in [0.2, 0.25) is 0 Å². The maximum Gasteiger partial charge on any atom is 0.141 e. The second-order valence-electron chi connectivity index (χ2n) is 2.39. The lowest BCUT2D eigenvalue weighted by Gasteiger charge is -2.16. The van der Waals surface area contributed by atoms with Crippen LogP contribution in [0.25, 0.3) is 0 Å². The lowest BCUT2D eigenvalue weighted by atomic mass is 10.1. The molecule has 0 N–H and O–H groups in total. The van der Waals surface area contributed by atoms with Crippen molar-refractivity contribution in [3.8, 4) is 5.75 Å². The van der Waals surface area contributed by atoms with Crippen molar-refractivity contribution in [2.24, 2.45) is 0 Å². The number of benzene rings is 1. The van der Waals surface area contributed by atoms with Crippen molar-refractivity contribution in [2.45, 2.75) is 6.42 Å². The first-order chi connectivity index (χ1) is 5.38. The van der Waals surface area contributed by atoms with Gasteiger partial charge in [0.25, 0.3) is 0 Å². The van der Waals surface area contributed by atoms with Crippen LogP contribution < -0.4 is 4.74 Å². The van der Waals surface area contributed by atoms with Gasteiger partial charge in [-0.3, -0.25) is 0 Å². The molecule has 0 bridgehead atoms. The van der Waals surface area contributed by atoms with Crippen LogP contribution in [0.5, 0.6) is 5.75 Å². The molecule has 0 atom stereocenters. The highest BCUT2D eigenvalue weighted by atomic mass is 35.5. The topological polar surface area (TPSA) is 9.23 Å². The maximum atomic E-state index is 5.88. The second-order valence-corrected chi connectivity index (χ2v) is 2.80. The molecular weight excluding hydrogens is 160 g/mol. The highest BCUT2D eigenvalue weighted by molar-refractivity contribution is 6.32. The highest BCUT2D eigenvalue weighted by Gasteiger charge is 2.12. The van der Waals surface area contributed by atoms with Gasteiger partial charge in [-0.1, -0.05) is 23.7 Å². The van der Waals surface area contributed by atoms with Gasteiger partial charge in [0.1, 0.15) is 5.75 Å². The molecule has 0 fully saturated rings. The van der Waals surface area contributed by atoms with E-state index in [2.05, 4.69) is 6.42 Å². The molecule has 0 saturated carbocycles. The Morgan fingerprint density at radius 2 is 2.36 bits per heavy atom. The van der Waals surface area contributed by atoms with Crippen LogP contribution in [-0.2, 0) is 0 Å². The van der Waals surface area contributed by atoms with Crippen molar-refractivity contribution >= 4 is 11.6 Å². The van der Waals surface area contributed by atoms with Crippen molar-refractivity contribution in [2.75, 3.05) is 6.61 Å². The SMILES string of the molecule is Clc1cccc2c1OCC[C]2. The molecule has 0 spiro atoms. The van der Waals surface area contributed by atoms with E-state index in [4.69, 9.17) is 16.3 Å². The van der Waals surface area contributed by atoms with E-state index in [1.165, 1.54) is 0 Å². The van der Waals surface area contributed by atoms with Gasteiger partial charge in [0, 0.05) is 12.0 Å². The summed E-state index contributed by atoms with van der Waals surface area (Å²) in [5, 5.41) is 0.676. The van der Waals surface area contributed by atoms with Crippen molar-refractivity contribution in [1.29, 1.82) is 0 Å². The third-order valence-corrected chi connectivity index (χ3v) is 1.93. The molecule has 2 rings (SSSR count). The Bertz CT molecular complexity index is 270. The van der Waals surface area contributed by atoms with Crippen molar-refractivity contribution < 1.29 is 4.74 Å². The Balaban J connectivity index is 2.49. The third-order valence-electron chi connectivity index (χ3n) is 1.63. The fourth-order valence-electron chi connectivity index (χ4n) is 1.13. The Labute approximate surface area is 70.9 Å². The lowest BCUT2D eigenvalue weighted by molar-refractivity contribution is 0.306. The van der Waals surface area contributed by atoms with Gasteiger partial charge in [0.15, 0.2) is 0 Å². The standard InChI is InChI=1S/C9H7ClO/c10-8-5-1-3-7-4-2-6-11-9(7)8/h1,3,5H,2,6H2. The van der Waals surface area contributed by atoms with Crippen LogP contribution in [0.1, 0.15) is 12.0 Å². The Kier molecular flexibility index (Phi) is 1.74. The van der Waals surface area contributed by atoms with Crippen LogP contribution in [0.2, 0.25) is 5.02 Å². The van der Waals surface area contributed by atoms with Crippen molar-refractivity contribution in [3.05, 3.63) is 35.2 Å². The number of hydrogen-bond acceptors (Lipinski definition) is 1. The number of ether oxygens (including phenoxy) is 1. The van der Waals surface area contributed by atoms with Gasteiger partial charge in [-0.25, -0.2) is 0 Å². The first kappa shape index (κ1) is 6.99. The zero-order valence-electron chi connectivity index (χ0n) is 5.93. The lowest BCUT2D eigenvalue weighted by Crippen LogP contribution is -2.06. The minimum absolute atomic E-state index is 0.676. The molecule has 1 aromatic rings. The summed E-state index contributed by atoms with van der Waals surface area (Å²) < 4.78 is 5.36. The number of fused-ring (bicyclic) bond motifs is 1. The predicted molar refractivity (Wildman–Crippen MR) is 43.9 cm³/mol. The van der Waals surface area contributed by atoms with E-state index in [1.807, 2.05) is 18.2 Å². The highest BCUT2D eigenvalue weighted by Crippen LogP contribution is 2.32. The minimum atomic E-state index is 0.676. The van der Waals surface area contributed by atoms with E-state index in [1.54, 1.807) is 0 Å². The summed E-state index contributed by atoms with van der Waals surface area (Å²) in [6.07, 6.45) is 4.05. The van der Waals surface area contributed by atoms with E-state index in [-0.39, 0.29) is 0 Å². The fraction of sp³-hybridized carbons (Fsp3) is 0.222. The summed E-state index contributed by atoms with van der Waals surface area (Å²) in [6, 6.07) is 5.69. The smallest absolute Gasteiger partial charge is 0.141 e. The average Bonchev–Trinajstić information content (AvgIpc) is 2.06. The third kappa shape index (κ3) is 1.21.